The highest BCUT2D eigenvalue weighted by molar-refractivity contribution is 5.81. The lowest BCUT2D eigenvalue weighted by atomic mass is 10.0. The van der Waals surface area contributed by atoms with Gasteiger partial charge in [0.15, 0.2) is 5.76 Å². The van der Waals surface area contributed by atoms with Gasteiger partial charge in [0.1, 0.15) is 5.58 Å². The summed E-state index contributed by atoms with van der Waals surface area (Å²) in [6.07, 6.45) is 0.710. The van der Waals surface area contributed by atoms with Crippen LogP contribution in [0.25, 0.3) is 22.6 Å². The van der Waals surface area contributed by atoms with Gasteiger partial charge in [-0.05, 0) is 25.1 Å². The number of aromatic nitrogens is 2. The molecule has 0 fully saturated rings. The number of benzene rings is 1. The van der Waals surface area contributed by atoms with Crippen molar-refractivity contribution in [3.63, 3.8) is 0 Å². The first kappa shape index (κ1) is 13.8. The predicted molar refractivity (Wildman–Crippen MR) is 80.9 cm³/mol. The van der Waals surface area contributed by atoms with Crippen molar-refractivity contribution in [1.29, 1.82) is 0 Å². The molecule has 0 saturated heterocycles. The van der Waals surface area contributed by atoms with E-state index in [0.29, 0.717) is 35.9 Å². The quantitative estimate of drug-likeness (QED) is 0.779. The Kier molecular flexibility index (Phi) is 3.75. The van der Waals surface area contributed by atoms with Gasteiger partial charge < -0.3 is 14.3 Å². The fourth-order valence-corrected chi connectivity index (χ4v) is 2.39. The van der Waals surface area contributed by atoms with E-state index < -0.39 is 0 Å². The van der Waals surface area contributed by atoms with E-state index in [1.165, 1.54) is 0 Å². The average Bonchev–Trinajstić information content (AvgIpc) is 3.10. The van der Waals surface area contributed by atoms with E-state index in [1.54, 1.807) is 0 Å². The Bertz CT molecular complexity index is 697. The smallest absolute Gasteiger partial charge is 0.238 e. The number of hydrogen-bond donors (Lipinski definition) is 1. The van der Waals surface area contributed by atoms with Crippen LogP contribution in [-0.2, 0) is 6.42 Å². The van der Waals surface area contributed by atoms with Crippen molar-refractivity contribution < 1.29 is 8.94 Å². The van der Waals surface area contributed by atoms with Gasteiger partial charge in [0.25, 0.3) is 0 Å². The first-order valence-corrected chi connectivity index (χ1v) is 7.16. The number of rotatable bonds is 5. The summed E-state index contributed by atoms with van der Waals surface area (Å²) >= 11 is 0. The third kappa shape index (κ3) is 2.83. The second-order valence-corrected chi connectivity index (χ2v) is 5.50. The summed E-state index contributed by atoms with van der Waals surface area (Å²) in [4.78, 5) is 4.43. The summed E-state index contributed by atoms with van der Waals surface area (Å²) in [6, 6.07) is 10.1. The molecule has 1 N–H and O–H groups in total. The van der Waals surface area contributed by atoms with Crippen LogP contribution >= 0.6 is 0 Å². The molecule has 0 spiro atoms. The highest BCUT2D eigenvalue weighted by atomic mass is 16.5. The molecular weight excluding hydrogens is 266 g/mol. The number of nitrogens with one attached hydrogen (secondary N) is 1. The van der Waals surface area contributed by atoms with Crippen LogP contribution in [0.3, 0.4) is 0 Å². The summed E-state index contributed by atoms with van der Waals surface area (Å²) < 4.78 is 11.1. The van der Waals surface area contributed by atoms with Crippen LogP contribution in [0.15, 0.2) is 39.3 Å². The fraction of sp³-hybridized carbons (Fsp3) is 0.375. The lowest BCUT2D eigenvalue weighted by Crippen LogP contribution is -2.32. The molecule has 110 valence electrons. The number of para-hydroxylation sites is 1. The van der Waals surface area contributed by atoms with E-state index >= 15 is 0 Å². The first-order valence-electron chi connectivity index (χ1n) is 7.16. The Hall–Kier alpha value is -2.14. The van der Waals surface area contributed by atoms with Crippen LogP contribution in [0.4, 0.5) is 0 Å². The molecule has 0 aliphatic rings. The zero-order valence-electron chi connectivity index (χ0n) is 12.5. The van der Waals surface area contributed by atoms with Crippen molar-refractivity contribution in [2.45, 2.75) is 26.3 Å². The molecule has 0 aliphatic heterocycles. The van der Waals surface area contributed by atoms with E-state index in [-0.39, 0.29) is 0 Å². The molecule has 0 saturated carbocycles. The second kappa shape index (κ2) is 5.69. The van der Waals surface area contributed by atoms with Gasteiger partial charge in [-0.1, -0.05) is 37.2 Å². The highest BCUT2D eigenvalue weighted by Crippen LogP contribution is 2.25. The van der Waals surface area contributed by atoms with Gasteiger partial charge in [-0.15, -0.1) is 0 Å². The van der Waals surface area contributed by atoms with Gasteiger partial charge in [0.2, 0.25) is 11.7 Å². The van der Waals surface area contributed by atoms with Gasteiger partial charge in [-0.3, -0.25) is 0 Å². The number of hydrogen-bond acceptors (Lipinski definition) is 5. The monoisotopic (exact) mass is 285 g/mol. The standard InChI is InChI=1S/C16H19N3O2/c1-10(2)12(17-3)9-15-18-16(19-21-15)14-8-11-6-4-5-7-13(11)20-14/h4-8,10,12,17H,9H2,1-3H3. The maximum atomic E-state index is 5.75. The van der Waals surface area contributed by atoms with Crippen molar-refractivity contribution in [2.24, 2.45) is 5.92 Å². The zero-order chi connectivity index (χ0) is 14.8. The molecular formula is C16H19N3O2. The maximum absolute atomic E-state index is 5.75. The molecule has 3 rings (SSSR count). The highest BCUT2D eigenvalue weighted by Gasteiger charge is 2.18. The van der Waals surface area contributed by atoms with Crippen LogP contribution < -0.4 is 5.32 Å². The fourth-order valence-electron chi connectivity index (χ4n) is 2.39. The molecule has 1 unspecified atom stereocenters. The molecule has 0 bridgehead atoms. The molecule has 2 aromatic heterocycles. The zero-order valence-corrected chi connectivity index (χ0v) is 12.5. The second-order valence-electron chi connectivity index (χ2n) is 5.50. The lowest BCUT2D eigenvalue weighted by Gasteiger charge is -2.17. The minimum Gasteiger partial charge on any atom is -0.453 e. The molecule has 1 atom stereocenters. The van der Waals surface area contributed by atoms with Crippen molar-refractivity contribution in [2.75, 3.05) is 7.05 Å². The van der Waals surface area contributed by atoms with Gasteiger partial charge >= 0.3 is 0 Å². The van der Waals surface area contributed by atoms with Crippen molar-refractivity contribution in [1.82, 2.24) is 15.5 Å². The normalized spacial score (nSPS) is 13.1. The molecule has 0 aliphatic carbocycles. The number of furan rings is 1. The van der Waals surface area contributed by atoms with Gasteiger partial charge in [0, 0.05) is 17.8 Å². The summed E-state index contributed by atoms with van der Waals surface area (Å²) in [5, 5.41) is 8.33. The minimum absolute atomic E-state index is 0.314. The first-order chi connectivity index (χ1) is 10.2. The third-order valence-corrected chi connectivity index (χ3v) is 3.68. The van der Waals surface area contributed by atoms with Crippen LogP contribution in [0.2, 0.25) is 0 Å². The Morgan fingerprint density at radius 1 is 1.24 bits per heavy atom. The Morgan fingerprint density at radius 2 is 2.05 bits per heavy atom. The topological polar surface area (TPSA) is 64.1 Å². The average molecular weight is 285 g/mol. The third-order valence-electron chi connectivity index (χ3n) is 3.68. The molecule has 21 heavy (non-hydrogen) atoms. The minimum atomic E-state index is 0.314. The molecule has 5 nitrogen and oxygen atoms in total. The van der Waals surface area contributed by atoms with E-state index in [0.717, 1.165) is 11.0 Å². The molecule has 0 radical (unpaired) electrons. The number of nitrogens with zero attached hydrogens (tertiary/aromatic N) is 2. The van der Waals surface area contributed by atoms with Gasteiger partial charge in [-0.2, -0.15) is 4.98 Å². The summed E-state index contributed by atoms with van der Waals surface area (Å²) in [6.45, 7) is 4.33. The molecule has 3 aromatic rings. The summed E-state index contributed by atoms with van der Waals surface area (Å²) in [5.41, 5.74) is 0.828. The molecule has 2 heterocycles. The molecule has 1 aromatic carbocycles. The summed E-state index contributed by atoms with van der Waals surface area (Å²) in [7, 11) is 1.95. The van der Waals surface area contributed by atoms with Crippen molar-refractivity contribution in [3.8, 4) is 11.6 Å². The maximum Gasteiger partial charge on any atom is 0.238 e. The van der Waals surface area contributed by atoms with E-state index in [9.17, 15) is 0 Å². The van der Waals surface area contributed by atoms with E-state index in [1.807, 2.05) is 37.4 Å². The SMILES string of the molecule is CNC(Cc1nc(-c2cc3ccccc3o2)no1)C(C)C. The Morgan fingerprint density at radius 3 is 2.76 bits per heavy atom. The van der Waals surface area contributed by atoms with Crippen LogP contribution in [-0.4, -0.2) is 23.2 Å². The van der Waals surface area contributed by atoms with E-state index in [4.69, 9.17) is 8.94 Å². The Balaban J connectivity index is 1.84. The molecule has 5 heteroatoms. The van der Waals surface area contributed by atoms with Crippen molar-refractivity contribution >= 4 is 11.0 Å². The summed E-state index contributed by atoms with van der Waals surface area (Å²) in [5.74, 6) is 2.26. The lowest BCUT2D eigenvalue weighted by molar-refractivity contribution is 0.335. The number of likely N-dealkylation sites (N-methyl/N-ethyl adjacent to an activating group) is 1. The van der Waals surface area contributed by atoms with Gasteiger partial charge in [-0.25, -0.2) is 0 Å². The van der Waals surface area contributed by atoms with Crippen molar-refractivity contribution in [3.05, 3.63) is 36.2 Å². The Labute approximate surface area is 123 Å². The largest absolute Gasteiger partial charge is 0.453 e. The predicted octanol–water partition coefficient (Wildman–Crippen LogP) is 3.27. The molecule has 0 amide bonds. The van der Waals surface area contributed by atoms with Crippen LogP contribution in [0.1, 0.15) is 19.7 Å². The van der Waals surface area contributed by atoms with Crippen LogP contribution in [0, 0.1) is 5.92 Å². The van der Waals surface area contributed by atoms with Crippen LogP contribution in [0.5, 0.6) is 0 Å². The number of fused-ring (bicyclic) bond motifs is 1. The van der Waals surface area contributed by atoms with E-state index in [2.05, 4.69) is 29.3 Å². The van der Waals surface area contributed by atoms with Gasteiger partial charge in [0.05, 0.1) is 0 Å².